The minimum Gasteiger partial charge on any atom is -0.440 e. The van der Waals surface area contributed by atoms with Crippen molar-refractivity contribution in [2.75, 3.05) is 13.1 Å². The van der Waals surface area contributed by atoms with E-state index < -0.39 is 0 Å². The van der Waals surface area contributed by atoms with Crippen LogP contribution < -0.4 is 0 Å². The van der Waals surface area contributed by atoms with Crippen LogP contribution in [0.4, 0.5) is 0 Å². The number of piperidine rings is 1. The van der Waals surface area contributed by atoms with Crippen molar-refractivity contribution in [2.45, 2.75) is 31.7 Å². The summed E-state index contributed by atoms with van der Waals surface area (Å²) in [5.74, 6) is 1.07. The highest BCUT2D eigenvalue weighted by Crippen LogP contribution is 2.29. The molecule has 1 unspecified atom stereocenters. The lowest BCUT2D eigenvalue weighted by atomic mass is 9.97. The van der Waals surface area contributed by atoms with Crippen molar-refractivity contribution in [3.63, 3.8) is 0 Å². The van der Waals surface area contributed by atoms with Gasteiger partial charge in [-0.05, 0) is 25.0 Å². The lowest BCUT2D eigenvalue weighted by Crippen LogP contribution is -2.39. The first-order valence-electron chi connectivity index (χ1n) is 8.25. The number of hydrogen-bond donors (Lipinski definition) is 0. The molecular formula is C17H19N5O2. The number of carbonyl (C=O) groups excluding carboxylic acids is 1. The quantitative estimate of drug-likeness (QED) is 0.735. The van der Waals surface area contributed by atoms with Gasteiger partial charge in [0.2, 0.25) is 5.91 Å². The number of hydrogen-bond acceptors (Lipinski definition) is 5. The van der Waals surface area contributed by atoms with E-state index in [0.717, 1.165) is 36.4 Å². The summed E-state index contributed by atoms with van der Waals surface area (Å²) >= 11 is 0. The number of para-hydroxylation sites is 2. The molecule has 2 aromatic heterocycles. The maximum absolute atomic E-state index is 12.5. The van der Waals surface area contributed by atoms with E-state index in [1.165, 1.54) is 0 Å². The van der Waals surface area contributed by atoms with Gasteiger partial charge in [-0.2, -0.15) is 0 Å². The zero-order valence-electron chi connectivity index (χ0n) is 13.3. The number of aromatic nitrogens is 4. The van der Waals surface area contributed by atoms with Crippen LogP contribution in [0.15, 0.2) is 41.3 Å². The zero-order valence-corrected chi connectivity index (χ0v) is 13.3. The number of fused-ring (bicyclic) bond motifs is 1. The van der Waals surface area contributed by atoms with E-state index in [1.54, 1.807) is 12.7 Å². The summed E-state index contributed by atoms with van der Waals surface area (Å²) in [5.41, 5.74) is 1.69. The maximum Gasteiger partial charge on any atom is 0.224 e. The molecule has 0 saturated carbocycles. The number of benzene rings is 1. The molecule has 0 bridgehead atoms. The highest BCUT2D eigenvalue weighted by atomic mass is 16.3. The Hall–Kier alpha value is -2.70. The summed E-state index contributed by atoms with van der Waals surface area (Å²) in [4.78, 5) is 19.0. The van der Waals surface area contributed by atoms with E-state index in [2.05, 4.69) is 15.2 Å². The van der Waals surface area contributed by atoms with Gasteiger partial charge in [0.1, 0.15) is 18.2 Å². The molecule has 7 heteroatoms. The molecule has 0 radical (unpaired) electrons. The Bertz CT molecular complexity index is 794. The minimum absolute atomic E-state index is 0.157. The number of nitrogens with zero attached hydrogens (tertiary/aromatic N) is 5. The molecular weight excluding hydrogens is 306 g/mol. The van der Waals surface area contributed by atoms with Crippen LogP contribution in [-0.2, 0) is 11.3 Å². The van der Waals surface area contributed by atoms with Crippen LogP contribution in [0.5, 0.6) is 0 Å². The third kappa shape index (κ3) is 3.02. The summed E-state index contributed by atoms with van der Waals surface area (Å²) in [5, 5.41) is 7.51. The molecule has 1 fully saturated rings. The Kier molecular flexibility index (Phi) is 3.98. The number of likely N-dealkylation sites (tertiary alicyclic amines) is 1. The monoisotopic (exact) mass is 325 g/mol. The predicted octanol–water partition coefficient (Wildman–Crippen LogP) is 2.22. The van der Waals surface area contributed by atoms with Crippen molar-refractivity contribution < 1.29 is 9.21 Å². The molecule has 1 aliphatic rings. The van der Waals surface area contributed by atoms with Crippen molar-refractivity contribution in [2.24, 2.45) is 0 Å². The lowest BCUT2D eigenvalue weighted by Gasteiger charge is -2.31. The fraction of sp³-hybridized carbons (Fsp3) is 0.412. The van der Waals surface area contributed by atoms with Crippen molar-refractivity contribution >= 4 is 17.0 Å². The molecule has 124 valence electrons. The Morgan fingerprint density at radius 1 is 1.25 bits per heavy atom. The van der Waals surface area contributed by atoms with Gasteiger partial charge in [0.05, 0.1) is 5.92 Å². The fourth-order valence-electron chi connectivity index (χ4n) is 3.19. The van der Waals surface area contributed by atoms with E-state index in [4.69, 9.17) is 4.42 Å². The predicted molar refractivity (Wildman–Crippen MR) is 87.2 cm³/mol. The highest BCUT2D eigenvalue weighted by Gasteiger charge is 2.27. The summed E-state index contributed by atoms with van der Waals surface area (Å²) in [6.07, 6.45) is 5.69. The lowest BCUT2D eigenvalue weighted by molar-refractivity contribution is -0.132. The zero-order chi connectivity index (χ0) is 16.4. The van der Waals surface area contributed by atoms with Gasteiger partial charge in [0.25, 0.3) is 0 Å². The van der Waals surface area contributed by atoms with Crippen LogP contribution in [0, 0.1) is 0 Å². The molecule has 7 nitrogen and oxygen atoms in total. The van der Waals surface area contributed by atoms with E-state index in [1.807, 2.05) is 33.7 Å². The van der Waals surface area contributed by atoms with Crippen molar-refractivity contribution in [3.05, 3.63) is 42.8 Å². The Morgan fingerprint density at radius 2 is 2.08 bits per heavy atom. The van der Waals surface area contributed by atoms with Gasteiger partial charge < -0.3 is 13.9 Å². The number of oxazole rings is 1. The third-order valence-electron chi connectivity index (χ3n) is 4.48. The summed E-state index contributed by atoms with van der Waals surface area (Å²) in [6, 6.07) is 7.78. The van der Waals surface area contributed by atoms with Gasteiger partial charge in [-0.1, -0.05) is 12.1 Å². The van der Waals surface area contributed by atoms with Gasteiger partial charge in [-0.25, -0.2) is 4.98 Å². The summed E-state index contributed by atoms with van der Waals surface area (Å²) in [6.45, 7) is 2.08. The Morgan fingerprint density at radius 3 is 2.92 bits per heavy atom. The molecule has 0 N–H and O–H groups in total. The minimum atomic E-state index is 0.157. The molecule has 24 heavy (non-hydrogen) atoms. The van der Waals surface area contributed by atoms with Crippen molar-refractivity contribution in [3.8, 4) is 0 Å². The maximum atomic E-state index is 12.5. The number of amides is 1. The van der Waals surface area contributed by atoms with E-state index in [9.17, 15) is 4.79 Å². The Balaban J connectivity index is 1.42. The number of carbonyl (C=O) groups is 1. The van der Waals surface area contributed by atoms with Crippen LogP contribution in [-0.4, -0.2) is 43.6 Å². The second kappa shape index (κ2) is 6.43. The topological polar surface area (TPSA) is 77.1 Å². The van der Waals surface area contributed by atoms with Crippen LogP contribution >= 0.6 is 0 Å². The van der Waals surface area contributed by atoms with Gasteiger partial charge in [-0.3, -0.25) is 4.79 Å². The van der Waals surface area contributed by atoms with Crippen molar-refractivity contribution in [1.82, 2.24) is 24.6 Å². The second-order valence-corrected chi connectivity index (χ2v) is 6.15. The molecule has 1 aliphatic heterocycles. The number of rotatable bonds is 4. The van der Waals surface area contributed by atoms with E-state index >= 15 is 0 Å². The molecule has 3 aromatic rings. The van der Waals surface area contributed by atoms with E-state index in [-0.39, 0.29) is 11.8 Å². The average Bonchev–Trinajstić information content (AvgIpc) is 3.29. The smallest absolute Gasteiger partial charge is 0.224 e. The standard InChI is InChI=1S/C17H19N5O2/c23-16(7-9-21-11-18-19-12-21)22-8-3-4-13(10-22)17-20-14-5-1-2-6-15(14)24-17/h1-2,5-6,11-13H,3-4,7-10H2. The summed E-state index contributed by atoms with van der Waals surface area (Å²) in [7, 11) is 0. The van der Waals surface area contributed by atoms with E-state index in [0.29, 0.717) is 19.5 Å². The Labute approximate surface area is 139 Å². The summed E-state index contributed by atoms with van der Waals surface area (Å²) < 4.78 is 7.70. The fourth-order valence-corrected chi connectivity index (χ4v) is 3.19. The molecule has 1 aromatic carbocycles. The van der Waals surface area contributed by atoms with Crippen LogP contribution in [0.1, 0.15) is 31.1 Å². The van der Waals surface area contributed by atoms with Gasteiger partial charge >= 0.3 is 0 Å². The largest absolute Gasteiger partial charge is 0.440 e. The highest BCUT2D eigenvalue weighted by molar-refractivity contribution is 5.76. The normalized spacial score (nSPS) is 18.2. The first-order chi connectivity index (χ1) is 11.8. The molecule has 4 rings (SSSR count). The molecule has 0 aliphatic carbocycles. The third-order valence-corrected chi connectivity index (χ3v) is 4.48. The molecule has 1 amide bonds. The second-order valence-electron chi connectivity index (χ2n) is 6.15. The molecule has 1 atom stereocenters. The van der Waals surface area contributed by atoms with Gasteiger partial charge in [0, 0.05) is 26.1 Å². The van der Waals surface area contributed by atoms with Gasteiger partial charge in [0.15, 0.2) is 11.5 Å². The van der Waals surface area contributed by atoms with Gasteiger partial charge in [-0.15, -0.1) is 10.2 Å². The average molecular weight is 325 g/mol. The van der Waals surface area contributed by atoms with Crippen LogP contribution in [0.2, 0.25) is 0 Å². The first kappa shape index (κ1) is 14.9. The molecule has 3 heterocycles. The van der Waals surface area contributed by atoms with Crippen molar-refractivity contribution in [1.29, 1.82) is 0 Å². The SMILES string of the molecule is O=C(CCn1cnnc1)N1CCCC(c2nc3ccccc3o2)C1. The van der Waals surface area contributed by atoms with Crippen LogP contribution in [0.3, 0.4) is 0 Å². The molecule has 0 spiro atoms. The molecule has 1 saturated heterocycles. The van der Waals surface area contributed by atoms with Crippen LogP contribution in [0.25, 0.3) is 11.1 Å². The number of aryl methyl sites for hydroxylation is 1. The first-order valence-corrected chi connectivity index (χ1v) is 8.25.